The van der Waals surface area contributed by atoms with E-state index in [4.69, 9.17) is 4.74 Å². The van der Waals surface area contributed by atoms with Gasteiger partial charge >= 0.3 is 5.97 Å². The van der Waals surface area contributed by atoms with Gasteiger partial charge in [0.05, 0.1) is 11.6 Å². The van der Waals surface area contributed by atoms with Crippen LogP contribution in [0.1, 0.15) is 30.6 Å². The third kappa shape index (κ3) is 1.52. The number of esters is 1. The van der Waals surface area contributed by atoms with Crippen LogP contribution in [0, 0.1) is 18.8 Å². The second-order valence-corrected chi connectivity index (χ2v) is 5.15. The molecule has 1 aromatic rings. The molecule has 4 nitrogen and oxygen atoms in total. The molecule has 0 aliphatic carbocycles. The van der Waals surface area contributed by atoms with E-state index in [1.165, 1.54) is 0 Å². The number of carbonyl (C=O) groups excluding carboxylic acids is 2. The Balaban J connectivity index is 2.12. The molecule has 94 valence electrons. The largest absolute Gasteiger partial charge is 0.457 e. The summed E-state index contributed by atoms with van der Waals surface area (Å²) >= 11 is 0. The van der Waals surface area contributed by atoms with Gasteiger partial charge in [-0.2, -0.15) is 0 Å². The van der Waals surface area contributed by atoms with E-state index in [-0.39, 0.29) is 23.7 Å². The van der Waals surface area contributed by atoms with Gasteiger partial charge in [0.2, 0.25) is 5.91 Å². The predicted molar refractivity (Wildman–Crippen MR) is 65.9 cm³/mol. The monoisotopic (exact) mass is 245 g/mol. The number of anilines is 1. The fourth-order valence-electron chi connectivity index (χ4n) is 2.91. The zero-order chi connectivity index (χ0) is 12.9. The summed E-state index contributed by atoms with van der Waals surface area (Å²) in [6.07, 6.45) is -0.111. The molecular formula is C14H15NO3. The summed E-state index contributed by atoms with van der Waals surface area (Å²) in [5.74, 6) is -0.505. The maximum absolute atomic E-state index is 12.2. The number of para-hydroxylation sites is 1. The minimum atomic E-state index is -0.426. The summed E-state index contributed by atoms with van der Waals surface area (Å²) in [5, 5.41) is 2.94. The number of nitrogens with one attached hydrogen (secondary N) is 1. The highest BCUT2D eigenvalue weighted by Crippen LogP contribution is 2.45. The second kappa shape index (κ2) is 3.83. The number of amides is 1. The fraction of sp³-hybridized carbons (Fsp3) is 0.429. The van der Waals surface area contributed by atoms with Crippen LogP contribution >= 0.6 is 0 Å². The summed E-state index contributed by atoms with van der Waals surface area (Å²) < 4.78 is 5.41. The van der Waals surface area contributed by atoms with Crippen LogP contribution in [0.15, 0.2) is 18.2 Å². The van der Waals surface area contributed by atoms with Gasteiger partial charge in [-0.15, -0.1) is 0 Å². The van der Waals surface area contributed by atoms with Crippen LogP contribution < -0.4 is 5.32 Å². The van der Waals surface area contributed by atoms with Crippen molar-refractivity contribution in [3.8, 4) is 0 Å². The molecule has 3 unspecified atom stereocenters. The number of rotatable bonds is 0. The SMILES string of the molecule is Cc1cccc2c1NC(=O)C1C(C)CC(=O)OC21. The van der Waals surface area contributed by atoms with Crippen molar-refractivity contribution in [3.63, 3.8) is 0 Å². The molecule has 1 saturated heterocycles. The molecule has 4 heteroatoms. The number of hydrogen-bond donors (Lipinski definition) is 1. The molecule has 1 N–H and O–H groups in total. The van der Waals surface area contributed by atoms with E-state index in [0.29, 0.717) is 6.42 Å². The Hall–Kier alpha value is -1.84. The second-order valence-electron chi connectivity index (χ2n) is 5.15. The van der Waals surface area contributed by atoms with Gasteiger partial charge in [0.25, 0.3) is 0 Å². The molecule has 1 amide bonds. The van der Waals surface area contributed by atoms with Crippen LogP contribution in [-0.4, -0.2) is 11.9 Å². The zero-order valence-electron chi connectivity index (χ0n) is 10.4. The first kappa shape index (κ1) is 11.3. The quantitative estimate of drug-likeness (QED) is 0.713. The van der Waals surface area contributed by atoms with E-state index < -0.39 is 6.10 Å². The minimum absolute atomic E-state index is 0.0184. The van der Waals surface area contributed by atoms with Gasteiger partial charge < -0.3 is 10.1 Å². The maximum atomic E-state index is 12.2. The van der Waals surface area contributed by atoms with E-state index in [9.17, 15) is 9.59 Å². The Morgan fingerprint density at radius 2 is 2.11 bits per heavy atom. The minimum Gasteiger partial charge on any atom is -0.457 e. The summed E-state index contributed by atoms with van der Waals surface area (Å²) in [4.78, 5) is 23.7. The molecule has 2 heterocycles. The van der Waals surface area contributed by atoms with Gasteiger partial charge in [-0.05, 0) is 18.4 Å². The Kier molecular flexibility index (Phi) is 2.40. The topological polar surface area (TPSA) is 55.4 Å². The summed E-state index contributed by atoms with van der Waals surface area (Å²) in [6, 6.07) is 5.79. The number of ether oxygens (including phenoxy) is 1. The van der Waals surface area contributed by atoms with Crippen molar-refractivity contribution in [1.82, 2.24) is 0 Å². The van der Waals surface area contributed by atoms with E-state index in [0.717, 1.165) is 16.8 Å². The Morgan fingerprint density at radius 3 is 2.89 bits per heavy atom. The molecule has 0 radical (unpaired) electrons. The smallest absolute Gasteiger partial charge is 0.306 e. The fourth-order valence-corrected chi connectivity index (χ4v) is 2.91. The Bertz CT molecular complexity index is 538. The lowest BCUT2D eigenvalue weighted by Gasteiger charge is -2.39. The number of hydrogen-bond acceptors (Lipinski definition) is 3. The van der Waals surface area contributed by atoms with Crippen molar-refractivity contribution in [2.75, 3.05) is 5.32 Å². The molecule has 2 aliphatic rings. The van der Waals surface area contributed by atoms with Crippen molar-refractivity contribution >= 4 is 17.6 Å². The van der Waals surface area contributed by atoms with Crippen molar-refractivity contribution in [2.24, 2.45) is 11.8 Å². The molecule has 3 rings (SSSR count). The molecular weight excluding hydrogens is 230 g/mol. The molecule has 0 bridgehead atoms. The highest BCUT2D eigenvalue weighted by atomic mass is 16.5. The highest BCUT2D eigenvalue weighted by molar-refractivity contribution is 5.98. The van der Waals surface area contributed by atoms with Crippen molar-refractivity contribution < 1.29 is 14.3 Å². The highest BCUT2D eigenvalue weighted by Gasteiger charge is 2.45. The molecule has 18 heavy (non-hydrogen) atoms. The van der Waals surface area contributed by atoms with Crippen LogP contribution in [-0.2, 0) is 14.3 Å². The van der Waals surface area contributed by atoms with E-state index in [1.54, 1.807) is 0 Å². The van der Waals surface area contributed by atoms with Crippen LogP contribution in [0.2, 0.25) is 0 Å². The van der Waals surface area contributed by atoms with Crippen molar-refractivity contribution in [1.29, 1.82) is 0 Å². The van der Waals surface area contributed by atoms with E-state index in [1.807, 2.05) is 32.0 Å². The van der Waals surface area contributed by atoms with Gasteiger partial charge in [0.1, 0.15) is 6.10 Å². The van der Waals surface area contributed by atoms with Crippen LogP contribution in [0.3, 0.4) is 0 Å². The third-order valence-electron chi connectivity index (χ3n) is 3.85. The molecule has 0 spiro atoms. The molecule has 2 aliphatic heterocycles. The van der Waals surface area contributed by atoms with E-state index >= 15 is 0 Å². The number of aryl methyl sites for hydroxylation is 1. The van der Waals surface area contributed by atoms with Crippen LogP contribution in [0.4, 0.5) is 5.69 Å². The number of carbonyl (C=O) groups is 2. The number of benzene rings is 1. The van der Waals surface area contributed by atoms with Gasteiger partial charge in [0, 0.05) is 12.0 Å². The molecule has 3 atom stereocenters. The first-order valence-electron chi connectivity index (χ1n) is 6.18. The molecule has 1 fully saturated rings. The standard InChI is InChI=1S/C14H15NO3/c1-7-4-3-5-9-12(7)15-14(17)11-8(2)6-10(16)18-13(9)11/h3-5,8,11,13H,6H2,1-2H3,(H,15,17). The lowest BCUT2D eigenvalue weighted by Crippen LogP contribution is -2.43. The normalized spacial score (nSPS) is 30.0. The Labute approximate surface area is 105 Å². The lowest BCUT2D eigenvalue weighted by molar-refractivity contribution is -0.165. The summed E-state index contributed by atoms with van der Waals surface area (Å²) in [7, 11) is 0. The van der Waals surface area contributed by atoms with E-state index in [2.05, 4.69) is 5.32 Å². The maximum Gasteiger partial charge on any atom is 0.306 e. The van der Waals surface area contributed by atoms with Gasteiger partial charge in [0.15, 0.2) is 0 Å². The van der Waals surface area contributed by atoms with Crippen LogP contribution in [0.5, 0.6) is 0 Å². The van der Waals surface area contributed by atoms with Gasteiger partial charge in [-0.3, -0.25) is 9.59 Å². The van der Waals surface area contributed by atoms with Crippen molar-refractivity contribution in [2.45, 2.75) is 26.4 Å². The average molecular weight is 245 g/mol. The zero-order valence-corrected chi connectivity index (χ0v) is 10.4. The van der Waals surface area contributed by atoms with Crippen molar-refractivity contribution in [3.05, 3.63) is 29.3 Å². The molecule has 0 aromatic heterocycles. The first-order valence-corrected chi connectivity index (χ1v) is 6.18. The van der Waals surface area contributed by atoms with Gasteiger partial charge in [-0.25, -0.2) is 0 Å². The third-order valence-corrected chi connectivity index (χ3v) is 3.85. The molecule has 0 saturated carbocycles. The van der Waals surface area contributed by atoms with Crippen LogP contribution in [0.25, 0.3) is 0 Å². The predicted octanol–water partition coefficient (Wildman–Crippen LogP) is 2.19. The lowest BCUT2D eigenvalue weighted by atomic mass is 9.78. The summed E-state index contributed by atoms with van der Waals surface area (Å²) in [6.45, 7) is 3.87. The number of fused-ring (bicyclic) bond motifs is 3. The first-order chi connectivity index (χ1) is 8.58. The molecule has 1 aromatic carbocycles. The summed E-state index contributed by atoms with van der Waals surface area (Å²) in [5.41, 5.74) is 2.71. The van der Waals surface area contributed by atoms with Gasteiger partial charge in [-0.1, -0.05) is 25.1 Å². The average Bonchev–Trinajstić information content (AvgIpc) is 2.30. The Morgan fingerprint density at radius 1 is 1.33 bits per heavy atom.